The fourth-order valence-electron chi connectivity index (χ4n) is 1.81. The topological polar surface area (TPSA) is 76.4 Å². The van der Waals surface area contributed by atoms with Gasteiger partial charge >= 0.3 is 0 Å². The highest BCUT2D eigenvalue weighted by molar-refractivity contribution is 5.86. The normalized spacial score (nSPS) is 15.6. The zero-order valence-electron chi connectivity index (χ0n) is 11.7. The first-order chi connectivity index (χ1) is 9.51. The minimum Gasteiger partial charge on any atom is -0.491 e. The molecule has 1 aliphatic carbocycles. The van der Waals surface area contributed by atoms with Crippen molar-refractivity contribution in [1.29, 1.82) is 0 Å². The van der Waals surface area contributed by atoms with Gasteiger partial charge in [0.25, 0.3) is 0 Å². The van der Waals surface area contributed by atoms with E-state index in [4.69, 9.17) is 10.5 Å². The molecule has 110 valence electrons. The molecule has 20 heavy (non-hydrogen) atoms. The standard InChI is InChI=1S/C14H20FN3O2/c1-3-20-13-7-12(11(16)6-10(13)15)17-8(2)14(19)18-9-4-5-9/h6-9,17H,3-5,16H2,1-2H3,(H,18,19). The molecule has 1 fully saturated rings. The number of ether oxygens (including phenoxy) is 1. The first kappa shape index (κ1) is 14.4. The van der Waals surface area contributed by atoms with Gasteiger partial charge in [0.15, 0.2) is 11.6 Å². The summed E-state index contributed by atoms with van der Waals surface area (Å²) < 4.78 is 18.8. The smallest absolute Gasteiger partial charge is 0.242 e. The summed E-state index contributed by atoms with van der Waals surface area (Å²) in [6, 6.07) is 2.53. The number of hydrogen-bond donors (Lipinski definition) is 3. The lowest BCUT2D eigenvalue weighted by atomic mass is 10.2. The van der Waals surface area contributed by atoms with Gasteiger partial charge in [0, 0.05) is 18.2 Å². The van der Waals surface area contributed by atoms with Gasteiger partial charge in [0.05, 0.1) is 18.0 Å². The van der Waals surface area contributed by atoms with Crippen LogP contribution in [0.2, 0.25) is 0 Å². The van der Waals surface area contributed by atoms with Crippen LogP contribution in [0.15, 0.2) is 12.1 Å². The molecular weight excluding hydrogens is 261 g/mol. The quantitative estimate of drug-likeness (QED) is 0.696. The van der Waals surface area contributed by atoms with Gasteiger partial charge in [-0.25, -0.2) is 4.39 Å². The summed E-state index contributed by atoms with van der Waals surface area (Å²) >= 11 is 0. The van der Waals surface area contributed by atoms with Crippen molar-refractivity contribution in [2.75, 3.05) is 17.7 Å². The minimum absolute atomic E-state index is 0.0887. The van der Waals surface area contributed by atoms with Gasteiger partial charge in [0.1, 0.15) is 6.04 Å². The van der Waals surface area contributed by atoms with Crippen molar-refractivity contribution in [3.8, 4) is 5.75 Å². The van der Waals surface area contributed by atoms with Gasteiger partial charge < -0.3 is 21.1 Å². The van der Waals surface area contributed by atoms with E-state index in [0.29, 0.717) is 18.3 Å². The summed E-state index contributed by atoms with van der Waals surface area (Å²) in [6.07, 6.45) is 2.07. The number of benzene rings is 1. The third-order valence-electron chi connectivity index (χ3n) is 3.09. The molecule has 0 heterocycles. The number of nitrogens with two attached hydrogens (primary N) is 1. The van der Waals surface area contributed by atoms with Gasteiger partial charge in [-0.1, -0.05) is 0 Å². The molecule has 1 amide bonds. The predicted molar refractivity (Wildman–Crippen MR) is 76.2 cm³/mol. The van der Waals surface area contributed by atoms with Crippen molar-refractivity contribution >= 4 is 17.3 Å². The average Bonchev–Trinajstić information content (AvgIpc) is 3.19. The fourth-order valence-corrected chi connectivity index (χ4v) is 1.81. The second kappa shape index (κ2) is 5.98. The van der Waals surface area contributed by atoms with Crippen LogP contribution in [0.3, 0.4) is 0 Å². The summed E-state index contributed by atoms with van der Waals surface area (Å²) in [5.74, 6) is -0.474. The summed E-state index contributed by atoms with van der Waals surface area (Å²) in [7, 11) is 0. The van der Waals surface area contributed by atoms with Crippen LogP contribution in [0.25, 0.3) is 0 Å². The molecular formula is C14H20FN3O2. The van der Waals surface area contributed by atoms with E-state index in [2.05, 4.69) is 10.6 Å². The Morgan fingerprint density at radius 3 is 2.85 bits per heavy atom. The first-order valence-corrected chi connectivity index (χ1v) is 6.80. The number of hydrogen-bond acceptors (Lipinski definition) is 4. The third-order valence-corrected chi connectivity index (χ3v) is 3.09. The van der Waals surface area contributed by atoms with Crippen molar-refractivity contribution in [3.05, 3.63) is 17.9 Å². The molecule has 0 aromatic heterocycles. The molecule has 5 nitrogen and oxygen atoms in total. The maximum Gasteiger partial charge on any atom is 0.242 e. The number of halogens is 1. The largest absolute Gasteiger partial charge is 0.491 e. The number of amides is 1. The molecule has 0 radical (unpaired) electrons. The molecule has 0 bridgehead atoms. The number of carbonyl (C=O) groups is 1. The van der Waals surface area contributed by atoms with Crippen LogP contribution >= 0.6 is 0 Å². The van der Waals surface area contributed by atoms with Crippen LogP contribution in [0, 0.1) is 5.82 Å². The highest BCUT2D eigenvalue weighted by Gasteiger charge is 2.25. The number of rotatable bonds is 6. The molecule has 1 aliphatic rings. The Kier molecular flexibility index (Phi) is 4.32. The monoisotopic (exact) mass is 281 g/mol. The third kappa shape index (κ3) is 3.53. The molecule has 0 saturated heterocycles. The van der Waals surface area contributed by atoms with Crippen molar-refractivity contribution in [1.82, 2.24) is 5.32 Å². The van der Waals surface area contributed by atoms with E-state index in [9.17, 15) is 9.18 Å². The second-order valence-corrected chi connectivity index (χ2v) is 4.95. The van der Waals surface area contributed by atoms with E-state index >= 15 is 0 Å². The Morgan fingerprint density at radius 2 is 2.25 bits per heavy atom. The van der Waals surface area contributed by atoms with E-state index < -0.39 is 11.9 Å². The van der Waals surface area contributed by atoms with E-state index in [1.54, 1.807) is 13.8 Å². The molecule has 6 heteroatoms. The Balaban J connectivity index is 2.06. The maximum absolute atomic E-state index is 13.6. The Hall–Kier alpha value is -1.98. The van der Waals surface area contributed by atoms with Crippen molar-refractivity contribution in [3.63, 3.8) is 0 Å². The first-order valence-electron chi connectivity index (χ1n) is 6.80. The number of carbonyl (C=O) groups excluding carboxylic acids is 1. The van der Waals surface area contributed by atoms with E-state index in [1.165, 1.54) is 12.1 Å². The van der Waals surface area contributed by atoms with Gasteiger partial charge in [0.2, 0.25) is 5.91 Å². The lowest BCUT2D eigenvalue weighted by molar-refractivity contribution is -0.121. The van der Waals surface area contributed by atoms with Crippen LogP contribution in [-0.2, 0) is 4.79 Å². The maximum atomic E-state index is 13.6. The van der Waals surface area contributed by atoms with Gasteiger partial charge in [-0.05, 0) is 26.7 Å². The summed E-state index contributed by atoms with van der Waals surface area (Å²) in [4.78, 5) is 11.9. The summed E-state index contributed by atoms with van der Waals surface area (Å²) in [5, 5.41) is 5.88. The lowest BCUT2D eigenvalue weighted by Crippen LogP contribution is -2.38. The average molecular weight is 281 g/mol. The van der Waals surface area contributed by atoms with E-state index in [-0.39, 0.29) is 17.3 Å². The van der Waals surface area contributed by atoms with E-state index in [0.717, 1.165) is 12.8 Å². The minimum atomic E-state index is -0.509. The van der Waals surface area contributed by atoms with Crippen LogP contribution in [0.4, 0.5) is 15.8 Å². The van der Waals surface area contributed by atoms with Crippen molar-refractivity contribution in [2.24, 2.45) is 0 Å². The fraction of sp³-hybridized carbons (Fsp3) is 0.500. The zero-order chi connectivity index (χ0) is 14.7. The van der Waals surface area contributed by atoms with E-state index in [1.807, 2.05) is 0 Å². The highest BCUT2D eigenvalue weighted by Crippen LogP contribution is 2.29. The molecule has 0 spiro atoms. The van der Waals surface area contributed by atoms with Crippen LogP contribution in [-0.4, -0.2) is 24.6 Å². The Bertz CT molecular complexity index is 503. The molecule has 1 atom stereocenters. The predicted octanol–water partition coefficient (Wildman–Crippen LogP) is 1.89. The summed E-state index contributed by atoms with van der Waals surface area (Å²) in [6.45, 7) is 3.87. The SMILES string of the molecule is CCOc1cc(NC(C)C(=O)NC2CC2)c(N)cc1F. The highest BCUT2D eigenvalue weighted by atomic mass is 19.1. The molecule has 1 aromatic rings. The number of anilines is 2. The molecule has 4 N–H and O–H groups in total. The molecule has 2 rings (SSSR count). The van der Waals surface area contributed by atoms with Gasteiger partial charge in [-0.15, -0.1) is 0 Å². The lowest BCUT2D eigenvalue weighted by Gasteiger charge is -2.17. The van der Waals surface area contributed by atoms with Crippen LogP contribution in [0.1, 0.15) is 26.7 Å². The Labute approximate surface area is 117 Å². The summed E-state index contributed by atoms with van der Waals surface area (Å²) in [5.41, 5.74) is 6.50. The van der Waals surface area contributed by atoms with Crippen LogP contribution in [0.5, 0.6) is 5.75 Å². The Morgan fingerprint density at radius 1 is 1.55 bits per heavy atom. The number of nitrogens with one attached hydrogen (secondary N) is 2. The van der Waals surface area contributed by atoms with Crippen molar-refractivity contribution < 1.29 is 13.9 Å². The molecule has 0 aliphatic heterocycles. The van der Waals surface area contributed by atoms with Crippen LogP contribution < -0.4 is 21.1 Å². The second-order valence-electron chi connectivity index (χ2n) is 4.95. The zero-order valence-corrected chi connectivity index (χ0v) is 11.7. The molecule has 1 unspecified atom stereocenters. The van der Waals surface area contributed by atoms with Gasteiger partial charge in [-0.2, -0.15) is 0 Å². The van der Waals surface area contributed by atoms with Gasteiger partial charge in [-0.3, -0.25) is 4.79 Å². The molecule has 1 aromatic carbocycles. The van der Waals surface area contributed by atoms with Crippen molar-refractivity contribution in [2.45, 2.75) is 38.8 Å². The molecule has 1 saturated carbocycles. The number of nitrogen functional groups attached to an aromatic ring is 1.